The van der Waals surface area contributed by atoms with Crippen molar-refractivity contribution in [3.05, 3.63) is 59.7 Å². The smallest absolute Gasteiger partial charge is 0.407 e. The highest BCUT2D eigenvalue weighted by atomic mass is 32.2. The molecular formula is C26H32N2O5S. The summed E-state index contributed by atoms with van der Waals surface area (Å²) in [7, 11) is 0. The number of ether oxygens (including phenoxy) is 1. The van der Waals surface area contributed by atoms with Crippen LogP contribution in [0, 0.1) is 5.92 Å². The van der Waals surface area contributed by atoms with E-state index < -0.39 is 30.1 Å². The average Bonchev–Trinajstić information content (AvgIpc) is 3.13. The molecular weight excluding hydrogens is 452 g/mol. The van der Waals surface area contributed by atoms with Crippen molar-refractivity contribution in [2.24, 2.45) is 5.92 Å². The lowest BCUT2D eigenvalue weighted by atomic mass is 9.98. The summed E-state index contributed by atoms with van der Waals surface area (Å²) < 4.78 is 5.56. The molecule has 3 N–H and O–H groups in total. The summed E-state index contributed by atoms with van der Waals surface area (Å²) in [5, 5.41) is 14.7. The maximum absolute atomic E-state index is 12.8. The van der Waals surface area contributed by atoms with E-state index in [-0.39, 0.29) is 18.4 Å². The minimum absolute atomic E-state index is 0.0842. The number of rotatable bonds is 11. The van der Waals surface area contributed by atoms with Gasteiger partial charge in [-0.05, 0) is 53.0 Å². The number of nitrogens with one attached hydrogen (secondary N) is 2. The Labute approximate surface area is 204 Å². The average molecular weight is 485 g/mol. The van der Waals surface area contributed by atoms with Crippen molar-refractivity contribution >= 4 is 29.7 Å². The van der Waals surface area contributed by atoms with Crippen LogP contribution in [0.2, 0.25) is 0 Å². The Morgan fingerprint density at radius 1 is 0.971 bits per heavy atom. The van der Waals surface area contributed by atoms with Gasteiger partial charge in [-0.25, -0.2) is 9.59 Å². The van der Waals surface area contributed by atoms with Crippen molar-refractivity contribution < 1.29 is 24.2 Å². The van der Waals surface area contributed by atoms with E-state index in [4.69, 9.17) is 4.74 Å². The SMILES string of the molecule is CSCC[C@H](NC(=O)OCC1c2ccccc2-c2ccccc21)C(=O)N[C@H](CC(C)C)C(=O)O. The first kappa shape index (κ1) is 25.6. The molecule has 3 rings (SSSR count). The lowest BCUT2D eigenvalue weighted by Crippen LogP contribution is -2.52. The summed E-state index contributed by atoms with van der Waals surface area (Å²) in [5.74, 6) is -0.966. The molecule has 2 amide bonds. The predicted octanol–water partition coefficient (Wildman–Crippen LogP) is 4.26. The quantitative estimate of drug-likeness (QED) is 0.440. The van der Waals surface area contributed by atoms with Crippen LogP contribution in [0.15, 0.2) is 48.5 Å². The van der Waals surface area contributed by atoms with E-state index in [0.29, 0.717) is 18.6 Å². The number of carbonyl (C=O) groups excluding carboxylic acids is 2. The van der Waals surface area contributed by atoms with Gasteiger partial charge in [0.25, 0.3) is 0 Å². The lowest BCUT2D eigenvalue weighted by Gasteiger charge is -2.22. The zero-order chi connectivity index (χ0) is 24.7. The van der Waals surface area contributed by atoms with Crippen LogP contribution in [0.1, 0.15) is 43.7 Å². The van der Waals surface area contributed by atoms with Crippen LogP contribution in [0.3, 0.4) is 0 Å². The number of carboxylic acids is 1. The van der Waals surface area contributed by atoms with Crippen LogP contribution in [-0.4, -0.2) is 53.8 Å². The van der Waals surface area contributed by atoms with Crippen molar-refractivity contribution in [3.8, 4) is 11.1 Å². The fourth-order valence-corrected chi connectivity index (χ4v) is 4.72. The van der Waals surface area contributed by atoms with Gasteiger partial charge in [-0.2, -0.15) is 11.8 Å². The molecule has 7 nitrogen and oxygen atoms in total. The van der Waals surface area contributed by atoms with Gasteiger partial charge in [0.2, 0.25) is 5.91 Å². The third-order valence-corrected chi connectivity index (χ3v) is 6.53. The number of alkyl carbamates (subject to hydrolysis) is 1. The second kappa shape index (κ2) is 11.9. The van der Waals surface area contributed by atoms with E-state index >= 15 is 0 Å². The first-order valence-corrected chi connectivity index (χ1v) is 12.8. The summed E-state index contributed by atoms with van der Waals surface area (Å²) in [5.41, 5.74) is 4.47. The van der Waals surface area contributed by atoms with E-state index in [1.54, 1.807) is 11.8 Å². The third-order valence-electron chi connectivity index (χ3n) is 5.88. The molecule has 0 aliphatic heterocycles. The molecule has 1 aliphatic rings. The molecule has 2 aromatic carbocycles. The van der Waals surface area contributed by atoms with Gasteiger partial charge in [0, 0.05) is 5.92 Å². The first-order chi connectivity index (χ1) is 16.3. The minimum Gasteiger partial charge on any atom is -0.480 e. The van der Waals surface area contributed by atoms with E-state index in [9.17, 15) is 19.5 Å². The fourth-order valence-electron chi connectivity index (χ4n) is 4.25. The van der Waals surface area contributed by atoms with E-state index in [0.717, 1.165) is 22.3 Å². The van der Waals surface area contributed by atoms with Crippen LogP contribution in [0.4, 0.5) is 4.79 Å². The van der Waals surface area contributed by atoms with Gasteiger partial charge in [0.1, 0.15) is 18.7 Å². The molecule has 2 atom stereocenters. The topological polar surface area (TPSA) is 105 Å². The molecule has 0 spiro atoms. The number of amides is 2. The van der Waals surface area contributed by atoms with Crippen LogP contribution in [-0.2, 0) is 14.3 Å². The van der Waals surface area contributed by atoms with Crippen LogP contribution in [0.5, 0.6) is 0 Å². The molecule has 34 heavy (non-hydrogen) atoms. The highest BCUT2D eigenvalue weighted by Gasteiger charge is 2.30. The summed E-state index contributed by atoms with van der Waals surface area (Å²) in [4.78, 5) is 37.0. The molecule has 0 radical (unpaired) electrons. The second-order valence-electron chi connectivity index (χ2n) is 8.83. The molecule has 0 unspecified atom stereocenters. The van der Waals surface area contributed by atoms with Gasteiger partial charge in [0.15, 0.2) is 0 Å². The number of aliphatic carboxylic acids is 1. The Bertz CT molecular complexity index is 980. The number of fused-ring (bicyclic) bond motifs is 3. The summed E-state index contributed by atoms with van der Waals surface area (Å²) in [6, 6.07) is 14.2. The number of carboxylic acid groups (broad SMARTS) is 1. The molecule has 8 heteroatoms. The van der Waals surface area contributed by atoms with Crippen LogP contribution in [0.25, 0.3) is 11.1 Å². The Balaban J connectivity index is 1.65. The standard InChI is InChI=1S/C26H32N2O5S/c1-16(2)14-23(25(30)31)27-24(29)22(12-13-34-3)28-26(32)33-15-21-19-10-6-4-8-17(19)18-9-5-7-11-20(18)21/h4-11,16,21-23H,12-15H2,1-3H3,(H,27,29)(H,28,32)(H,30,31)/t22-,23+/m0/s1. The second-order valence-corrected chi connectivity index (χ2v) is 9.82. The number of carbonyl (C=O) groups is 3. The Morgan fingerprint density at radius 3 is 2.09 bits per heavy atom. The largest absolute Gasteiger partial charge is 0.480 e. The highest BCUT2D eigenvalue weighted by Crippen LogP contribution is 2.44. The maximum Gasteiger partial charge on any atom is 0.407 e. The lowest BCUT2D eigenvalue weighted by molar-refractivity contribution is -0.142. The van der Waals surface area contributed by atoms with Crippen molar-refractivity contribution in [2.45, 2.75) is 44.7 Å². The van der Waals surface area contributed by atoms with Crippen LogP contribution >= 0.6 is 11.8 Å². The Morgan fingerprint density at radius 2 is 1.56 bits per heavy atom. The molecule has 1 aliphatic carbocycles. The van der Waals surface area contributed by atoms with Crippen molar-refractivity contribution in [3.63, 3.8) is 0 Å². The van der Waals surface area contributed by atoms with Crippen LogP contribution < -0.4 is 10.6 Å². The molecule has 2 aromatic rings. The van der Waals surface area contributed by atoms with Gasteiger partial charge in [-0.15, -0.1) is 0 Å². The minimum atomic E-state index is -1.09. The van der Waals surface area contributed by atoms with E-state index in [1.807, 2.05) is 56.5 Å². The molecule has 0 fully saturated rings. The molecule has 0 saturated heterocycles. The summed E-state index contributed by atoms with van der Waals surface area (Å²) in [6.07, 6.45) is 1.88. The number of hydrogen-bond acceptors (Lipinski definition) is 5. The number of hydrogen-bond donors (Lipinski definition) is 3. The fraction of sp³-hybridized carbons (Fsp3) is 0.423. The summed E-state index contributed by atoms with van der Waals surface area (Å²) >= 11 is 1.54. The van der Waals surface area contributed by atoms with E-state index in [1.165, 1.54) is 0 Å². The first-order valence-electron chi connectivity index (χ1n) is 11.5. The monoisotopic (exact) mass is 484 g/mol. The summed E-state index contributed by atoms with van der Waals surface area (Å²) in [6.45, 7) is 3.92. The van der Waals surface area contributed by atoms with Gasteiger partial charge in [-0.1, -0.05) is 62.4 Å². The normalized spacial score (nSPS) is 14.1. The molecule has 182 valence electrons. The zero-order valence-electron chi connectivity index (χ0n) is 19.7. The highest BCUT2D eigenvalue weighted by molar-refractivity contribution is 7.98. The number of benzene rings is 2. The van der Waals surface area contributed by atoms with Gasteiger partial charge >= 0.3 is 12.1 Å². The van der Waals surface area contributed by atoms with Gasteiger partial charge < -0.3 is 20.5 Å². The molecule has 0 bridgehead atoms. The van der Waals surface area contributed by atoms with Gasteiger partial charge in [-0.3, -0.25) is 4.79 Å². The predicted molar refractivity (Wildman–Crippen MR) is 134 cm³/mol. The Kier molecular flexibility index (Phi) is 8.98. The van der Waals surface area contributed by atoms with E-state index in [2.05, 4.69) is 22.8 Å². The molecule has 0 aromatic heterocycles. The van der Waals surface area contributed by atoms with Crippen molar-refractivity contribution in [1.82, 2.24) is 10.6 Å². The third kappa shape index (κ3) is 6.32. The molecule has 0 saturated carbocycles. The molecule has 0 heterocycles. The number of thioether (sulfide) groups is 1. The van der Waals surface area contributed by atoms with Gasteiger partial charge in [0.05, 0.1) is 0 Å². The Hall–Kier alpha value is -3.00. The maximum atomic E-state index is 12.8. The van der Waals surface area contributed by atoms with Crippen molar-refractivity contribution in [2.75, 3.05) is 18.6 Å². The zero-order valence-corrected chi connectivity index (χ0v) is 20.6. The van der Waals surface area contributed by atoms with Crippen molar-refractivity contribution in [1.29, 1.82) is 0 Å².